The van der Waals surface area contributed by atoms with E-state index in [-0.39, 0.29) is 0 Å². The van der Waals surface area contributed by atoms with Crippen LogP contribution >= 0.6 is 0 Å². The summed E-state index contributed by atoms with van der Waals surface area (Å²) in [4.78, 5) is 2.50. The molecule has 0 amide bonds. The second-order valence-corrected chi connectivity index (χ2v) is 6.18. The smallest absolute Gasteiger partial charge is 0.142 e. The Labute approximate surface area is 146 Å². The number of rotatable bonds is 10. The largest absolute Gasteiger partial charge is 0.487 e. The van der Waals surface area contributed by atoms with Crippen molar-refractivity contribution in [1.82, 2.24) is 4.90 Å². The Balaban J connectivity index is 1.87. The first-order valence-electron chi connectivity index (χ1n) is 9.00. The van der Waals surface area contributed by atoms with Gasteiger partial charge < -0.3 is 15.4 Å². The molecule has 0 saturated heterocycles. The zero-order valence-electron chi connectivity index (χ0n) is 15.0. The predicted molar refractivity (Wildman–Crippen MR) is 102 cm³/mol. The SMILES string of the molecule is CCCCN(CC)CCc1ccc(OCc2ccccc2)c(N)c1. The lowest BCUT2D eigenvalue weighted by Crippen LogP contribution is -2.26. The molecule has 0 aliphatic carbocycles. The maximum atomic E-state index is 6.17. The molecule has 0 unspecified atom stereocenters. The van der Waals surface area contributed by atoms with Crippen LogP contribution in [0.2, 0.25) is 0 Å². The van der Waals surface area contributed by atoms with E-state index in [1.807, 2.05) is 30.3 Å². The fraction of sp³-hybridized carbons (Fsp3) is 0.429. The third-order valence-corrected chi connectivity index (χ3v) is 4.30. The van der Waals surface area contributed by atoms with Gasteiger partial charge in [0, 0.05) is 6.54 Å². The summed E-state index contributed by atoms with van der Waals surface area (Å²) in [6, 6.07) is 16.3. The summed E-state index contributed by atoms with van der Waals surface area (Å²) in [5.41, 5.74) is 9.31. The summed E-state index contributed by atoms with van der Waals surface area (Å²) in [5.74, 6) is 0.765. The Morgan fingerprint density at radius 3 is 2.42 bits per heavy atom. The van der Waals surface area contributed by atoms with Crippen molar-refractivity contribution in [1.29, 1.82) is 0 Å². The number of nitrogen functional groups attached to an aromatic ring is 1. The van der Waals surface area contributed by atoms with Crippen molar-refractivity contribution in [3.8, 4) is 5.75 Å². The van der Waals surface area contributed by atoms with Gasteiger partial charge in [0.05, 0.1) is 5.69 Å². The second-order valence-electron chi connectivity index (χ2n) is 6.18. The van der Waals surface area contributed by atoms with Gasteiger partial charge in [-0.3, -0.25) is 0 Å². The number of hydrogen-bond acceptors (Lipinski definition) is 3. The van der Waals surface area contributed by atoms with Crippen LogP contribution in [0.4, 0.5) is 5.69 Å². The van der Waals surface area contributed by atoms with Crippen molar-refractivity contribution in [3.63, 3.8) is 0 Å². The van der Waals surface area contributed by atoms with Crippen LogP contribution in [0.3, 0.4) is 0 Å². The third kappa shape index (κ3) is 5.89. The third-order valence-electron chi connectivity index (χ3n) is 4.30. The Kier molecular flexibility index (Phi) is 7.63. The molecule has 0 spiro atoms. The first-order valence-corrected chi connectivity index (χ1v) is 9.00. The minimum absolute atomic E-state index is 0.547. The average molecular weight is 326 g/mol. The second kappa shape index (κ2) is 9.99. The van der Waals surface area contributed by atoms with Crippen LogP contribution in [0.15, 0.2) is 48.5 Å². The van der Waals surface area contributed by atoms with Gasteiger partial charge in [-0.1, -0.05) is 56.7 Å². The minimum atomic E-state index is 0.547. The van der Waals surface area contributed by atoms with Crippen LogP contribution in [-0.4, -0.2) is 24.5 Å². The normalized spacial score (nSPS) is 11.0. The Bertz CT molecular complexity index is 598. The monoisotopic (exact) mass is 326 g/mol. The number of anilines is 1. The summed E-state index contributed by atoms with van der Waals surface area (Å²) in [5, 5.41) is 0. The molecule has 0 fully saturated rings. The van der Waals surface area contributed by atoms with Crippen molar-refractivity contribution in [2.24, 2.45) is 0 Å². The van der Waals surface area contributed by atoms with Crippen molar-refractivity contribution in [2.75, 3.05) is 25.4 Å². The van der Waals surface area contributed by atoms with Gasteiger partial charge in [0.25, 0.3) is 0 Å². The number of nitrogens with zero attached hydrogens (tertiary/aromatic N) is 1. The van der Waals surface area contributed by atoms with Gasteiger partial charge in [-0.25, -0.2) is 0 Å². The molecule has 3 heteroatoms. The molecule has 0 aromatic heterocycles. The van der Waals surface area contributed by atoms with Crippen LogP contribution in [0.25, 0.3) is 0 Å². The summed E-state index contributed by atoms with van der Waals surface area (Å²) >= 11 is 0. The number of unbranched alkanes of at least 4 members (excludes halogenated alkanes) is 1. The van der Waals surface area contributed by atoms with Crippen LogP contribution in [-0.2, 0) is 13.0 Å². The van der Waals surface area contributed by atoms with Gasteiger partial charge in [-0.15, -0.1) is 0 Å². The Hall–Kier alpha value is -2.00. The van der Waals surface area contributed by atoms with E-state index >= 15 is 0 Å². The molecule has 130 valence electrons. The molecule has 0 heterocycles. The van der Waals surface area contributed by atoms with E-state index < -0.39 is 0 Å². The van der Waals surface area contributed by atoms with Crippen molar-refractivity contribution in [2.45, 2.75) is 39.7 Å². The molecule has 3 nitrogen and oxygen atoms in total. The Morgan fingerprint density at radius 2 is 1.75 bits per heavy atom. The molecule has 2 aromatic rings. The van der Waals surface area contributed by atoms with Gasteiger partial charge in [-0.05, 0) is 49.2 Å². The van der Waals surface area contributed by atoms with E-state index in [9.17, 15) is 0 Å². The van der Waals surface area contributed by atoms with E-state index in [1.165, 1.54) is 24.9 Å². The van der Waals surface area contributed by atoms with Crippen LogP contribution < -0.4 is 10.5 Å². The highest BCUT2D eigenvalue weighted by atomic mass is 16.5. The van der Waals surface area contributed by atoms with E-state index in [0.717, 1.165) is 36.5 Å². The summed E-state index contributed by atoms with van der Waals surface area (Å²) < 4.78 is 5.84. The van der Waals surface area contributed by atoms with Gasteiger partial charge in [-0.2, -0.15) is 0 Å². The zero-order chi connectivity index (χ0) is 17.2. The molecule has 0 saturated carbocycles. The number of ether oxygens (including phenoxy) is 1. The molecule has 2 N–H and O–H groups in total. The minimum Gasteiger partial charge on any atom is -0.487 e. The summed E-state index contributed by atoms with van der Waals surface area (Å²) in [6.45, 7) is 8.38. The Morgan fingerprint density at radius 1 is 0.958 bits per heavy atom. The van der Waals surface area contributed by atoms with E-state index in [1.54, 1.807) is 0 Å². The van der Waals surface area contributed by atoms with Gasteiger partial charge in [0.1, 0.15) is 12.4 Å². The van der Waals surface area contributed by atoms with E-state index in [4.69, 9.17) is 10.5 Å². The molecule has 24 heavy (non-hydrogen) atoms. The van der Waals surface area contributed by atoms with Crippen LogP contribution in [0, 0.1) is 0 Å². The molecule has 0 aliphatic heterocycles. The summed E-state index contributed by atoms with van der Waals surface area (Å²) in [7, 11) is 0. The highest BCUT2D eigenvalue weighted by molar-refractivity contribution is 5.54. The molecule has 2 rings (SSSR count). The quantitative estimate of drug-likeness (QED) is 0.653. The summed E-state index contributed by atoms with van der Waals surface area (Å²) in [6.07, 6.45) is 3.54. The topological polar surface area (TPSA) is 38.5 Å². The van der Waals surface area contributed by atoms with Gasteiger partial charge in [0.2, 0.25) is 0 Å². The van der Waals surface area contributed by atoms with E-state index in [0.29, 0.717) is 6.61 Å². The van der Waals surface area contributed by atoms with Gasteiger partial charge in [0.15, 0.2) is 0 Å². The van der Waals surface area contributed by atoms with Crippen LogP contribution in [0.5, 0.6) is 5.75 Å². The maximum Gasteiger partial charge on any atom is 0.142 e. The molecule has 0 bridgehead atoms. The van der Waals surface area contributed by atoms with Crippen molar-refractivity contribution in [3.05, 3.63) is 59.7 Å². The standard InChI is InChI=1S/C21H30N2O/c1-3-5-14-23(4-2)15-13-18-11-12-21(20(22)16-18)24-17-19-9-7-6-8-10-19/h6-12,16H,3-5,13-15,17,22H2,1-2H3. The van der Waals surface area contributed by atoms with Crippen LogP contribution in [0.1, 0.15) is 37.8 Å². The molecule has 0 radical (unpaired) electrons. The van der Waals surface area contributed by atoms with Crippen molar-refractivity contribution < 1.29 is 4.74 Å². The number of hydrogen-bond donors (Lipinski definition) is 1. The zero-order valence-corrected chi connectivity index (χ0v) is 15.0. The lowest BCUT2D eigenvalue weighted by molar-refractivity contribution is 0.287. The lowest BCUT2D eigenvalue weighted by Gasteiger charge is -2.20. The maximum absolute atomic E-state index is 6.17. The highest BCUT2D eigenvalue weighted by Gasteiger charge is 2.06. The molecule has 0 atom stereocenters. The fourth-order valence-electron chi connectivity index (χ4n) is 2.72. The number of likely N-dealkylation sites (N-methyl/N-ethyl adjacent to an activating group) is 1. The lowest BCUT2D eigenvalue weighted by atomic mass is 10.1. The van der Waals surface area contributed by atoms with E-state index in [2.05, 4.69) is 36.9 Å². The van der Waals surface area contributed by atoms with Gasteiger partial charge >= 0.3 is 0 Å². The first kappa shape index (κ1) is 18.3. The highest BCUT2D eigenvalue weighted by Crippen LogP contribution is 2.24. The molecule has 0 aliphatic rings. The van der Waals surface area contributed by atoms with Crippen molar-refractivity contribution >= 4 is 5.69 Å². The molecule has 2 aromatic carbocycles. The fourth-order valence-corrected chi connectivity index (χ4v) is 2.72. The number of nitrogens with two attached hydrogens (primary N) is 1. The molecular formula is C21H30N2O. The average Bonchev–Trinajstić information content (AvgIpc) is 2.62. The molecular weight excluding hydrogens is 296 g/mol. The first-order chi connectivity index (χ1) is 11.7. The predicted octanol–water partition coefficient (Wildman–Crippen LogP) is 4.51. The number of benzene rings is 2.